The van der Waals surface area contributed by atoms with Crippen LogP contribution in [0.1, 0.15) is 49.0 Å². The smallest absolute Gasteiger partial charge is 0.327 e. The number of nitrogens with two attached hydrogens (primary N) is 2. The lowest BCUT2D eigenvalue weighted by Gasteiger charge is -2.23. The second-order valence-electron chi connectivity index (χ2n) is 8.46. The molecular formula is C24H26F3N7O. The first-order chi connectivity index (χ1) is 16.8. The van der Waals surface area contributed by atoms with Crippen LogP contribution in [-0.4, -0.2) is 35.2 Å². The molecule has 1 aromatic heterocycles. The molecular weight excluding hydrogens is 459 g/mol. The van der Waals surface area contributed by atoms with Gasteiger partial charge in [0.25, 0.3) is 0 Å². The molecule has 1 unspecified atom stereocenters. The summed E-state index contributed by atoms with van der Waals surface area (Å²) in [6.45, 7) is -0.709. The number of nitrogens with one attached hydrogen (secondary N) is 2. The second kappa shape index (κ2) is 10.2. The fourth-order valence-corrected chi connectivity index (χ4v) is 3.80. The summed E-state index contributed by atoms with van der Waals surface area (Å²) < 4.78 is 46.2. The summed E-state index contributed by atoms with van der Waals surface area (Å²) in [5, 5.41) is 12.6. The monoisotopic (exact) mass is 485 g/mol. The number of rotatable bonds is 4. The molecule has 1 atom stereocenters. The molecule has 1 aliphatic heterocycles. The number of benzene rings is 1. The van der Waals surface area contributed by atoms with E-state index in [1.54, 1.807) is 18.4 Å². The van der Waals surface area contributed by atoms with Crippen LogP contribution in [0.5, 0.6) is 5.75 Å². The topological polar surface area (TPSA) is 135 Å². The van der Waals surface area contributed by atoms with Gasteiger partial charge in [-0.3, -0.25) is 15.8 Å². The molecule has 1 saturated carbocycles. The van der Waals surface area contributed by atoms with E-state index in [-0.39, 0.29) is 35.0 Å². The third kappa shape index (κ3) is 5.61. The first kappa shape index (κ1) is 24.2. The van der Waals surface area contributed by atoms with Crippen LogP contribution in [0.3, 0.4) is 0 Å². The van der Waals surface area contributed by atoms with E-state index in [0.29, 0.717) is 34.9 Å². The van der Waals surface area contributed by atoms with Gasteiger partial charge in [-0.1, -0.05) is 0 Å². The molecule has 1 aliphatic carbocycles. The molecule has 1 aromatic carbocycles. The van der Waals surface area contributed by atoms with Gasteiger partial charge in [0, 0.05) is 35.9 Å². The number of alkyl halides is 2. The van der Waals surface area contributed by atoms with E-state index in [2.05, 4.69) is 10.1 Å². The average molecular weight is 486 g/mol. The van der Waals surface area contributed by atoms with Gasteiger partial charge in [-0.05, 0) is 61.7 Å². The van der Waals surface area contributed by atoms with Gasteiger partial charge >= 0.3 is 6.55 Å². The first-order valence-corrected chi connectivity index (χ1v) is 11.1. The van der Waals surface area contributed by atoms with Crippen molar-refractivity contribution in [1.82, 2.24) is 10.4 Å². The summed E-state index contributed by atoms with van der Waals surface area (Å²) in [6, 6.07) is 5.48. The minimum absolute atomic E-state index is 0.0228. The van der Waals surface area contributed by atoms with E-state index in [9.17, 15) is 13.2 Å². The van der Waals surface area contributed by atoms with Crippen molar-refractivity contribution in [2.45, 2.75) is 38.8 Å². The Morgan fingerprint density at radius 3 is 2.77 bits per heavy atom. The average Bonchev–Trinajstić information content (AvgIpc) is 3.65. The Kier molecular flexibility index (Phi) is 7.04. The van der Waals surface area contributed by atoms with Crippen LogP contribution in [0, 0.1) is 17.1 Å². The quantitative estimate of drug-likeness (QED) is 0.385. The normalized spacial score (nSPS) is 22.0. The lowest BCUT2D eigenvalue weighted by Crippen LogP contribution is -2.26. The standard InChI is InChI=1S/C24H26F3N7O/c1-12-18-8-16(25)4-5-17(18)21(29)19(33-34-24(26)27)6-14(9-28)22(31-10-13-2-3-13)15-7-20(35-12)23(30)32-11-15/h4-5,7-9,11-13,24,29,34H,2-3,6,10,28H2,1H3,(H2,30,32)/b14-9?,29-21?,31-22?,33-19-. The van der Waals surface area contributed by atoms with E-state index in [1.165, 1.54) is 30.6 Å². The fourth-order valence-electron chi connectivity index (χ4n) is 3.80. The Balaban J connectivity index is 1.91. The van der Waals surface area contributed by atoms with Gasteiger partial charge in [0.2, 0.25) is 0 Å². The van der Waals surface area contributed by atoms with Gasteiger partial charge in [-0.25, -0.2) is 9.37 Å². The number of hydrogen-bond acceptors (Lipinski definition) is 8. The zero-order chi connectivity index (χ0) is 25.1. The molecule has 2 heterocycles. The number of pyridine rings is 1. The van der Waals surface area contributed by atoms with Crippen molar-refractivity contribution in [3.05, 3.63) is 64.7 Å². The van der Waals surface area contributed by atoms with Gasteiger partial charge < -0.3 is 16.2 Å². The van der Waals surface area contributed by atoms with Crippen molar-refractivity contribution >= 4 is 23.0 Å². The Labute approximate surface area is 200 Å². The van der Waals surface area contributed by atoms with Crippen LogP contribution < -0.4 is 21.6 Å². The van der Waals surface area contributed by atoms with Crippen molar-refractivity contribution < 1.29 is 17.9 Å². The highest BCUT2D eigenvalue weighted by molar-refractivity contribution is 6.48. The molecule has 2 aliphatic rings. The maximum absolute atomic E-state index is 14.2. The van der Waals surface area contributed by atoms with Crippen LogP contribution in [-0.2, 0) is 0 Å². The van der Waals surface area contributed by atoms with E-state index >= 15 is 0 Å². The summed E-state index contributed by atoms with van der Waals surface area (Å²) in [7, 11) is 0. The number of allylic oxidation sites excluding steroid dienone is 1. The minimum Gasteiger partial charge on any atom is -0.482 e. The van der Waals surface area contributed by atoms with Crippen LogP contribution >= 0.6 is 0 Å². The van der Waals surface area contributed by atoms with Crippen molar-refractivity contribution in [3.63, 3.8) is 0 Å². The number of nitrogens with zero attached hydrogens (tertiary/aromatic N) is 3. The number of anilines is 1. The molecule has 0 radical (unpaired) electrons. The van der Waals surface area contributed by atoms with E-state index in [0.717, 1.165) is 12.8 Å². The van der Waals surface area contributed by atoms with Crippen LogP contribution in [0.4, 0.5) is 19.0 Å². The number of hydrazone groups is 1. The second-order valence-corrected chi connectivity index (χ2v) is 8.46. The third-order valence-corrected chi connectivity index (χ3v) is 5.83. The van der Waals surface area contributed by atoms with Crippen molar-refractivity contribution in [3.8, 4) is 5.75 Å². The van der Waals surface area contributed by atoms with E-state index in [4.69, 9.17) is 26.6 Å². The molecule has 6 N–H and O–H groups in total. The summed E-state index contributed by atoms with van der Waals surface area (Å²) >= 11 is 0. The lowest BCUT2D eigenvalue weighted by molar-refractivity contribution is 0.110. The number of nitrogen functional groups attached to an aromatic ring is 1. The zero-order valence-corrected chi connectivity index (χ0v) is 19.1. The van der Waals surface area contributed by atoms with Crippen LogP contribution in [0.25, 0.3) is 0 Å². The molecule has 2 aromatic rings. The van der Waals surface area contributed by atoms with Crippen molar-refractivity contribution in [2.24, 2.45) is 21.7 Å². The molecule has 11 heteroatoms. The van der Waals surface area contributed by atoms with Gasteiger partial charge in [0.05, 0.1) is 17.1 Å². The Bertz CT molecular complexity index is 1220. The number of halogens is 3. The Morgan fingerprint density at radius 1 is 1.31 bits per heavy atom. The fraction of sp³-hybridized carbons (Fsp3) is 0.333. The molecule has 35 heavy (non-hydrogen) atoms. The third-order valence-electron chi connectivity index (χ3n) is 5.83. The van der Waals surface area contributed by atoms with Gasteiger partial charge in [0.1, 0.15) is 11.9 Å². The maximum atomic E-state index is 14.2. The molecule has 1 fully saturated rings. The first-order valence-electron chi connectivity index (χ1n) is 11.1. The number of hydrogen-bond donors (Lipinski definition) is 4. The van der Waals surface area contributed by atoms with Crippen LogP contribution in [0.2, 0.25) is 0 Å². The summed E-state index contributed by atoms with van der Waals surface area (Å²) in [5.41, 5.74) is 15.6. The predicted molar refractivity (Wildman–Crippen MR) is 129 cm³/mol. The highest BCUT2D eigenvalue weighted by atomic mass is 19.3. The number of fused-ring (bicyclic) bond motifs is 3. The highest BCUT2D eigenvalue weighted by Gasteiger charge is 2.26. The molecule has 0 saturated heterocycles. The van der Waals surface area contributed by atoms with E-state index < -0.39 is 18.5 Å². The zero-order valence-electron chi connectivity index (χ0n) is 19.1. The summed E-state index contributed by atoms with van der Waals surface area (Å²) in [6.07, 6.45) is 4.17. The molecule has 0 amide bonds. The molecule has 0 spiro atoms. The summed E-state index contributed by atoms with van der Waals surface area (Å²) in [5.74, 6) is 0.323. The Morgan fingerprint density at radius 2 is 2.09 bits per heavy atom. The van der Waals surface area contributed by atoms with Crippen molar-refractivity contribution in [1.29, 1.82) is 5.41 Å². The van der Waals surface area contributed by atoms with Crippen molar-refractivity contribution in [2.75, 3.05) is 12.3 Å². The molecule has 2 bridgehead atoms. The molecule has 8 nitrogen and oxygen atoms in total. The van der Waals surface area contributed by atoms with Gasteiger partial charge in [-0.2, -0.15) is 13.9 Å². The maximum Gasteiger partial charge on any atom is 0.327 e. The number of aliphatic imine (C=N–C) groups is 1. The predicted octanol–water partition coefficient (Wildman–Crippen LogP) is 3.92. The van der Waals surface area contributed by atoms with Crippen LogP contribution in [0.15, 0.2) is 52.3 Å². The Hall–Kier alpha value is -3.89. The van der Waals surface area contributed by atoms with Gasteiger partial charge in [-0.15, -0.1) is 0 Å². The largest absolute Gasteiger partial charge is 0.482 e. The SMILES string of the molecule is CC1Oc2cc(cnc2N)C(=NCC2CC2)C(=CN)C/C(=N/NC(F)F)C(=N)c2ccc(F)cc21. The lowest BCUT2D eigenvalue weighted by atomic mass is 9.91. The highest BCUT2D eigenvalue weighted by Crippen LogP contribution is 2.33. The molecule has 184 valence electrons. The van der Waals surface area contributed by atoms with E-state index in [1.807, 2.05) is 0 Å². The summed E-state index contributed by atoms with van der Waals surface area (Å²) in [4.78, 5) is 8.98. The molecule has 4 rings (SSSR count). The number of ether oxygens (including phenoxy) is 1. The number of aromatic nitrogens is 1. The minimum atomic E-state index is -2.94. The van der Waals surface area contributed by atoms with Gasteiger partial charge in [0.15, 0.2) is 11.6 Å².